The molecule has 1 N–H and O–H groups in total. The van der Waals surface area contributed by atoms with Crippen LogP contribution in [0.1, 0.15) is 38.8 Å². The lowest BCUT2D eigenvalue weighted by atomic mass is 9.85. The summed E-state index contributed by atoms with van der Waals surface area (Å²) >= 11 is 0. The van der Waals surface area contributed by atoms with Crippen molar-refractivity contribution in [3.63, 3.8) is 0 Å². The average molecular weight is 836 g/mol. The van der Waals surface area contributed by atoms with E-state index in [-0.39, 0.29) is 64.4 Å². The van der Waals surface area contributed by atoms with Gasteiger partial charge in [-0.2, -0.15) is 0 Å². The minimum absolute atomic E-state index is 0.0650. The standard InChI is InChI=1S/C42H49N3O15/c1-26-6-8-36-38(16-26)53-14-15-54-39-19-31(34-20-33-27(2)17-32(18-35(33)43-34)42(51)60-25-57-30(5)48)7-9-37(39)45(22-41(50)59-24-56-29(4)47)11-13-52-12-10-44(36)21-40(49)58-23-55-28(3)46/h6-9,16-20,27,33,43H,10-15,21-25H2,1-5H3. The van der Waals surface area contributed by atoms with Crippen molar-refractivity contribution in [3.05, 3.63) is 77.0 Å². The molecule has 0 saturated heterocycles. The first-order valence-electron chi connectivity index (χ1n) is 19.2. The molecule has 0 fully saturated rings. The molecule has 2 aliphatic heterocycles. The summed E-state index contributed by atoms with van der Waals surface area (Å²) in [6.07, 6.45) is 5.56. The Kier molecular flexibility index (Phi) is 15.9. The highest BCUT2D eigenvalue weighted by atomic mass is 16.7. The lowest BCUT2D eigenvalue weighted by Gasteiger charge is -2.27. The van der Waals surface area contributed by atoms with E-state index in [0.717, 1.165) is 22.5 Å². The van der Waals surface area contributed by atoms with Gasteiger partial charge >= 0.3 is 35.8 Å². The van der Waals surface area contributed by atoms with Gasteiger partial charge in [-0.15, -0.1) is 0 Å². The predicted octanol–water partition coefficient (Wildman–Crippen LogP) is 3.31. The molecule has 0 radical (unpaired) electrons. The molecule has 1 aliphatic carbocycles. The summed E-state index contributed by atoms with van der Waals surface area (Å²) in [5, 5.41) is 3.42. The Morgan fingerprint density at radius 1 is 0.683 bits per heavy atom. The highest BCUT2D eigenvalue weighted by molar-refractivity contribution is 5.92. The van der Waals surface area contributed by atoms with Crippen LogP contribution in [0.25, 0.3) is 5.70 Å². The number of nitrogens with zero attached hydrogens (tertiary/aromatic N) is 2. The number of carbonyl (C=O) groups is 6. The first-order valence-corrected chi connectivity index (χ1v) is 19.2. The van der Waals surface area contributed by atoms with Crippen molar-refractivity contribution >= 4 is 52.9 Å². The first kappa shape index (κ1) is 44.5. The van der Waals surface area contributed by atoms with Crippen LogP contribution in [0.4, 0.5) is 11.4 Å². The number of allylic oxidation sites excluding steroid dienone is 2. The van der Waals surface area contributed by atoms with Crippen LogP contribution in [0.15, 0.2) is 65.9 Å². The normalized spacial score (nSPS) is 17.6. The molecule has 3 aliphatic rings. The maximum atomic E-state index is 13.0. The summed E-state index contributed by atoms with van der Waals surface area (Å²) in [7, 11) is 0. The zero-order chi connectivity index (χ0) is 43.2. The fourth-order valence-corrected chi connectivity index (χ4v) is 6.40. The number of ether oxygens (including phenoxy) is 9. The molecule has 0 amide bonds. The minimum atomic E-state index is -0.670. The number of hydrogen-bond acceptors (Lipinski definition) is 18. The number of esters is 6. The number of benzene rings is 2. The molecule has 60 heavy (non-hydrogen) atoms. The van der Waals surface area contributed by atoms with Crippen LogP contribution in [0.3, 0.4) is 0 Å². The fourth-order valence-electron chi connectivity index (χ4n) is 6.40. The van der Waals surface area contributed by atoms with Crippen LogP contribution < -0.4 is 24.6 Å². The van der Waals surface area contributed by atoms with Gasteiger partial charge in [0.05, 0.1) is 30.2 Å². The Morgan fingerprint density at radius 2 is 1.22 bits per heavy atom. The van der Waals surface area contributed by atoms with Gasteiger partial charge in [-0.1, -0.05) is 31.2 Å². The van der Waals surface area contributed by atoms with Gasteiger partial charge in [-0.3, -0.25) is 24.0 Å². The topological polar surface area (TPSA) is 204 Å². The molecule has 2 atom stereocenters. The van der Waals surface area contributed by atoms with E-state index >= 15 is 0 Å². The zero-order valence-electron chi connectivity index (χ0n) is 34.1. The van der Waals surface area contributed by atoms with E-state index < -0.39 is 56.2 Å². The molecule has 18 heteroatoms. The lowest BCUT2D eigenvalue weighted by Crippen LogP contribution is -2.36. The summed E-state index contributed by atoms with van der Waals surface area (Å²) in [5.41, 5.74) is 4.66. The van der Waals surface area contributed by atoms with E-state index in [1.807, 2.05) is 50.2 Å². The average Bonchev–Trinajstić information content (AvgIpc) is 3.63. The second kappa shape index (κ2) is 21.4. The number of nitrogens with one attached hydrogen (secondary N) is 1. The quantitative estimate of drug-likeness (QED) is 0.185. The fraction of sp³-hybridized carbons (Fsp3) is 0.429. The molecule has 2 heterocycles. The number of aryl methyl sites for hydroxylation is 1. The van der Waals surface area contributed by atoms with Gasteiger partial charge in [-0.25, -0.2) is 4.79 Å². The van der Waals surface area contributed by atoms with Gasteiger partial charge in [0.1, 0.15) is 37.8 Å². The van der Waals surface area contributed by atoms with Crippen LogP contribution in [0, 0.1) is 18.8 Å². The Balaban J connectivity index is 1.40. The van der Waals surface area contributed by atoms with E-state index in [2.05, 4.69) is 11.4 Å². The molecular weight excluding hydrogens is 786 g/mol. The van der Waals surface area contributed by atoms with Crippen molar-refractivity contribution < 1.29 is 71.4 Å². The SMILES string of the molecule is CC(=O)OCOC(=O)CN1CCOCCN(CC(=O)OCOC(C)=O)c2ccc(C3=CC4C(=CC(C(=O)OCOC(C)=O)=CC4C)N3)cc2OCCOc2cc(C)ccc21. The summed E-state index contributed by atoms with van der Waals surface area (Å²) in [5.74, 6) is -2.94. The van der Waals surface area contributed by atoms with Crippen LogP contribution >= 0.6 is 0 Å². The Hall–Kier alpha value is -6.56. The maximum Gasteiger partial charge on any atom is 0.340 e. The van der Waals surface area contributed by atoms with Crippen molar-refractivity contribution in [2.45, 2.75) is 34.6 Å². The van der Waals surface area contributed by atoms with Crippen molar-refractivity contribution in [2.24, 2.45) is 11.8 Å². The molecule has 0 aromatic heterocycles. The van der Waals surface area contributed by atoms with Crippen molar-refractivity contribution in [2.75, 3.05) is 82.8 Å². The molecular formula is C42H49N3O15. The molecule has 0 saturated carbocycles. The van der Waals surface area contributed by atoms with Crippen molar-refractivity contribution in [3.8, 4) is 11.5 Å². The maximum absolute atomic E-state index is 13.0. The lowest BCUT2D eigenvalue weighted by molar-refractivity contribution is -0.166. The van der Waals surface area contributed by atoms with Gasteiger partial charge in [-0.05, 0) is 48.7 Å². The molecule has 322 valence electrons. The minimum Gasteiger partial charge on any atom is -0.488 e. The third-order valence-corrected chi connectivity index (χ3v) is 9.27. The van der Waals surface area contributed by atoms with E-state index in [9.17, 15) is 28.8 Å². The molecule has 5 rings (SSSR count). The number of carbonyl (C=O) groups excluding carboxylic acids is 6. The molecule has 2 aromatic carbocycles. The molecule has 2 aromatic rings. The van der Waals surface area contributed by atoms with Gasteiger partial charge in [0.25, 0.3) is 0 Å². The highest BCUT2D eigenvalue weighted by Crippen LogP contribution is 2.39. The second-order valence-electron chi connectivity index (χ2n) is 13.8. The first-order chi connectivity index (χ1) is 28.8. The van der Waals surface area contributed by atoms with Crippen molar-refractivity contribution in [1.29, 1.82) is 0 Å². The van der Waals surface area contributed by atoms with Crippen molar-refractivity contribution in [1.82, 2.24) is 5.32 Å². The molecule has 18 nitrogen and oxygen atoms in total. The van der Waals surface area contributed by atoms with Gasteiger partial charge in [0.2, 0.25) is 20.4 Å². The van der Waals surface area contributed by atoms with Crippen LogP contribution in [-0.2, 0) is 61.9 Å². The number of anilines is 2. The monoisotopic (exact) mass is 835 g/mol. The van der Waals surface area contributed by atoms with E-state index in [0.29, 0.717) is 28.4 Å². The van der Waals surface area contributed by atoms with Crippen LogP contribution in [-0.4, -0.2) is 109 Å². The number of hydrogen-bond donors (Lipinski definition) is 1. The third kappa shape index (κ3) is 13.0. The van der Waals surface area contributed by atoms with Gasteiger partial charge < -0.3 is 57.7 Å². The predicted molar refractivity (Wildman–Crippen MR) is 212 cm³/mol. The van der Waals surface area contributed by atoms with Crippen LogP contribution in [0.5, 0.6) is 11.5 Å². The summed E-state index contributed by atoms with van der Waals surface area (Å²) in [4.78, 5) is 75.6. The zero-order valence-corrected chi connectivity index (χ0v) is 34.1. The number of rotatable bonds is 12. The third-order valence-electron chi connectivity index (χ3n) is 9.27. The Labute approximate surface area is 346 Å². The summed E-state index contributed by atoms with van der Waals surface area (Å²) < 4.78 is 48.4. The van der Waals surface area contributed by atoms with E-state index in [4.69, 9.17) is 42.6 Å². The van der Waals surface area contributed by atoms with E-state index in [1.165, 1.54) is 20.8 Å². The molecule has 0 spiro atoms. The molecule has 0 bridgehead atoms. The van der Waals surface area contributed by atoms with Crippen LogP contribution in [0.2, 0.25) is 0 Å². The molecule has 2 unspecified atom stereocenters. The summed E-state index contributed by atoms with van der Waals surface area (Å²) in [6, 6.07) is 11.1. The largest absolute Gasteiger partial charge is 0.488 e. The van der Waals surface area contributed by atoms with Gasteiger partial charge in [0, 0.05) is 56.7 Å². The van der Waals surface area contributed by atoms with Gasteiger partial charge in [0.15, 0.2) is 0 Å². The second-order valence-corrected chi connectivity index (χ2v) is 13.8. The van der Waals surface area contributed by atoms with E-state index in [1.54, 1.807) is 22.0 Å². The smallest absolute Gasteiger partial charge is 0.340 e. The Morgan fingerprint density at radius 3 is 1.78 bits per heavy atom. The highest BCUT2D eigenvalue weighted by Gasteiger charge is 2.32. The Bertz CT molecular complexity index is 2030. The summed E-state index contributed by atoms with van der Waals surface area (Å²) in [6.45, 7) is 6.40. The number of fused-ring (bicyclic) bond motifs is 3.